The topological polar surface area (TPSA) is 37.3 Å². The lowest BCUT2D eigenvalue weighted by molar-refractivity contribution is 0.140. The van der Waals surface area contributed by atoms with Gasteiger partial charge in [0.05, 0.1) is 19.8 Å². The van der Waals surface area contributed by atoms with E-state index in [-0.39, 0.29) is 30.1 Å². The van der Waals surface area contributed by atoms with Crippen molar-refractivity contribution in [2.24, 2.45) is 4.99 Å². The molecule has 1 unspecified atom stereocenters. The van der Waals surface area contributed by atoms with Crippen LogP contribution in [-0.2, 0) is 11.3 Å². The van der Waals surface area contributed by atoms with Gasteiger partial charge in [-0.25, -0.2) is 4.99 Å². The van der Waals surface area contributed by atoms with E-state index < -0.39 is 0 Å². The van der Waals surface area contributed by atoms with Gasteiger partial charge in [0.1, 0.15) is 11.9 Å². The first-order valence-electron chi connectivity index (χ1n) is 7.70. The zero-order valence-electron chi connectivity index (χ0n) is 14.7. The van der Waals surface area contributed by atoms with Crippen LogP contribution in [0.2, 0.25) is 0 Å². The summed E-state index contributed by atoms with van der Waals surface area (Å²) in [5.41, 5.74) is 2.31. The van der Waals surface area contributed by atoms with E-state index >= 15 is 0 Å². The molecular formula is C17H28IN3O2. The quantitative estimate of drug-likeness (QED) is 0.416. The van der Waals surface area contributed by atoms with E-state index in [0.29, 0.717) is 13.2 Å². The number of aliphatic imine (C=N–C) groups is 1. The molecule has 0 aliphatic carbocycles. The molecule has 0 saturated carbocycles. The van der Waals surface area contributed by atoms with Gasteiger partial charge in [0.25, 0.3) is 0 Å². The third-order valence-electron chi connectivity index (χ3n) is 3.60. The van der Waals surface area contributed by atoms with Gasteiger partial charge in [-0.05, 0) is 18.6 Å². The van der Waals surface area contributed by atoms with Gasteiger partial charge in [-0.15, -0.1) is 24.0 Å². The number of rotatable bonds is 4. The van der Waals surface area contributed by atoms with Crippen molar-refractivity contribution in [2.75, 3.05) is 41.4 Å². The maximum absolute atomic E-state index is 6.12. The molecule has 0 amide bonds. The lowest BCUT2D eigenvalue weighted by atomic mass is 10.1. The Bertz CT molecular complexity index is 517. The number of nitrogens with zero attached hydrogens (tertiary/aromatic N) is 3. The molecule has 130 valence electrons. The molecule has 1 atom stereocenters. The number of halogens is 1. The first kappa shape index (κ1) is 20.0. The van der Waals surface area contributed by atoms with Crippen molar-refractivity contribution in [3.8, 4) is 5.75 Å². The van der Waals surface area contributed by atoms with E-state index in [1.807, 2.05) is 38.0 Å². The second kappa shape index (κ2) is 9.32. The number of guanidine groups is 1. The van der Waals surface area contributed by atoms with E-state index in [1.165, 1.54) is 5.56 Å². The molecule has 23 heavy (non-hydrogen) atoms. The van der Waals surface area contributed by atoms with Crippen molar-refractivity contribution in [3.63, 3.8) is 0 Å². The third kappa shape index (κ3) is 5.84. The van der Waals surface area contributed by atoms with Crippen LogP contribution in [0.15, 0.2) is 23.2 Å². The van der Waals surface area contributed by atoms with Crippen molar-refractivity contribution in [1.82, 2.24) is 9.80 Å². The van der Waals surface area contributed by atoms with Crippen molar-refractivity contribution >= 4 is 29.9 Å². The summed E-state index contributed by atoms with van der Waals surface area (Å²) in [4.78, 5) is 8.74. The Labute approximate surface area is 156 Å². The van der Waals surface area contributed by atoms with Crippen LogP contribution < -0.4 is 4.74 Å². The van der Waals surface area contributed by atoms with Crippen LogP contribution in [0.25, 0.3) is 0 Å². The first-order valence-corrected chi connectivity index (χ1v) is 7.70. The van der Waals surface area contributed by atoms with Gasteiger partial charge in [-0.1, -0.05) is 12.1 Å². The predicted octanol–water partition coefficient (Wildman–Crippen LogP) is 2.76. The molecule has 0 aromatic heterocycles. The van der Waals surface area contributed by atoms with Gasteiger partial charge in [-0.3, -0.25) is 0 Å². The number of benzene rings is 1. The molecule has 1 saturated heterocycles. The summed E-state index contributed by atoms with van der Waals surface area (Å²) < 4.78 is 11.5. The Morgan fingerprint density at radius 3 is 2.52 bits per heavy atom. The molecule has 1 aromatic carbocycles. The van der Waals surface area contributed by atoms with Gasteiger partial charge in [0.15, 0.2) is 5.96 Å². The number of hydrogen-bond donors (Lipinski definition) is 0. The van der Waals surface area contributed by atoms with Gasteiger partial charge in [0.2, 0.25) is 0 Å². The molecule has 1 heterocycles. The van der Waals surface area contributed by atoms with Crippen molar-refractivity contribution < 1.29 is 9.47 Å². The lowest BCUT2D eigenvalue weighted by Crippen LogP contribution is -2.35. The Kier molecular flexibility index (Phi) is 8.11. The van der Waals surface area contributed by atoms with Crippen LogP contribution in [0.3, 0.4) is 0 Å². The van der Waals surface area contributed by atoms with Crippen LogP contribution in [0.5, 0.6) is 5.75 Å². The van der Waals surface area contributed by atoms with E-state index in [2.05, 4.69) is 25.1 Å². The average Bonchev–Trinajstić information content (AvgIpc) is 2.93. The fraction of sp³-hybridized carbons (Fsp3) is 0.588. The van der Waals surface area contributed by atoms with Crippen LogP contribution in [-0.4, -0.2) is 63.3 Å². The highest BCUT2D eigenvalue weighted by atomic mass is 127. The monoisotopic (exact) mass is 433 g/mol. The molecule has 1 fully saturated rings. The fourth-order valence-electron chi connectivity index (χ4n) is 2.53. The summed E-state index contributed by atoms with van der Waals surface area (Å²) in [5, 5.41) is 0. The van der Waals surface area contributed by atoms with Crippen molar-refractivity contribution in [1.29, 1.82) is 0 Å². The molecule has 0 N–H and O–H groups in total. The van der Waals surface area contributed by atoms with Crippen LogP contribution in [0.1, 0.15) is 17.5 Å². The highest BCUT2D eigenvalue weighted by molar-refractivity contribution is 14.0. The van der Waals surface area contributed by atoms with Gasteiger partial charge in [0, 0.05) is 40.2 Å². The Hall–Kier alpha value is -1.02. The van der Waals surface area contributed by atoms with Crippen LogP contribution in [0, 0.1) is 6.92 Å². The van der Waals surface area contributed by atoms with E-state index in [1.54, 1.807) is 0 Å². The Morgan fingerprint density at radius 1 is 1.26 bits per heavy atom. The molecule has 1 aliphatic rings. The smallest absolute Gasteiger partial charge is 0.195 e. The van der Waals surface area contributed by atoms with Crippen LogP contribution >= 0.6 is 24.0 Å². The average molecular weight is 433 g/mol. The second-order valence-corrected chi connectivity index (χ2v) is 6.12. The molecule has 1 aliphatic heterocycles. The third-order valence-corrected chi connectivity index (χ3v) is 3.60. The van der Waals surface area contributed by atoms with Gasteiger partial charge in [-0.2, -0.15) is 0 Å². The minimum absolute atomic E-state index is 0. The van der Waals surface area contributed by atoms with E-state index in [0.717, 1.165) is 30.3 Å². The molecular weight excluding hydrogens is 405 g/mol. The zero-order chi connectivity index (χ0) is 16.1. The summed E-state index contributed by atoms with van der Waals surface area (Å²) in [6, 6.07) is 6.30. The first-order chi connectivity index (χ1) is 10.5. The Balaban J connectivity index is 0.00000264. The minimum Gasteiger partial charge on any atom is -0.488 e. The SMILES string of the molecule is Cc1ccc(CN=C(N(C)C)N(C)C)c(OC2CCOC2)c1.I. The maximum Gasteiger partial charge on any atom is 0.195 e. The second-order valence-electron chi connectivity index (χ2n) is 6.12. The highest BCUT2D eigenvalue weighted by Gasteiger charge is 2.18. The summed E-state index contributed by atoms with van der Waals surface area (Å²) in [5.74, 6) is 1.87. The lowest BCUT2D eigenvalue weighted by Gasteiger charge is -2.23. The largest absolute Gasteiger partial charge is 0.488 e. The van der Waals surface area contributed by atoms with Crippen molar-refractivity contribution in [2.45, 2.75) is 26.0 Å². The fourth-order valence-corrected chi connectivity index (χ4v) is 2.53. The standard InChI is InChI=1S/C17H27N3O2.HI/c1-13-6-7-14(11-18-17(19(2)3)20(4)5)16(10-13)22-15-8-9-21-12-15;/h6-7,10,15H,8-9,11-12H2,1-5H3;1H. The zero-order valence-corrected chi connectivity index (χ0v) is 17.0. The predicted molar refractivity (Wildman–Crippen MR) is 105 cm³/mol. The molecule has 0 radical (unpaired) electrons. The summed E-state index contributed by atoms with van der Waals surface area (Å²) in [6.07, 6.45) is 1.11. The maximum atomic E-state index is 6.12. The van der Waals surface area contributed by atoms with Crippen molar-refractivity contribution in [3.05, 3.63) is 29.3 Å². The van der Waals surface area contributed by atoms with E-state index in [4.69, 9.17) is 14.5 Å². The number of aryl methyl sites for hydroxylation is 1. The molecule has 6 heteroatoms. The van der Waals surface area contributed by atoms with Gasteiger partial charge < -0.3 is 19.3 Å². The summed E-state index contributed by atoms with van der Waals surface area (Å²) >= 11 is 0. The molecule has 1 aromatic rings. The Morgan fingerprint density at radius 2 is 1.96 bits per heavy atom. The molecule has 0 bridgehead atoms. The highest BCUT2D eigenvalue weighted by Crippen LogP contribution is 2.24. The number of ether oxygens (including phenoxy) is 2. The molecule has 2 rings (SSSR count). The minimum atomic E-state index is 0. The summed E-state index contributed by atoms with van der Waals surface area (Å²) in [7, 11) is 8.00. The number of hydrogen-bond acceptors (Lipinski definition) is 3. The summed E-state index contributed by atoms with van der Waals surface area (Å²) in [6.45, 7) is 4.15. The van der Waals surface area contributed by atoms with Gasteiger partial charge >= 0.3 is 0 Å². The van der Waals surface area contributed by atoms with E-state index in [9.17, 15) is 0 Å². The van der Waals surface area contributed by atoms with Crippen LogP contribution in [0.4, 0.5) is 0 Å². The normalized spacial score (nSPS) is 16.5. The molecule has 5 nitrogen and oxygen atoms in total. The molecule has 0 spiro atoms.